The second kappa shape index (κ2) is 8.72. The number of rotatable bonds is 6. The Kier molecular flexibility index (Phi) is 6.13. The average Bonchev–Trinajstić information content (AvgIpc) is 2.70. The Morgan fingerprint density at radius 3 is 1.92 bits per heavy atom. The second-order valence-corrected chi connectivity index (χ2v) is 8.11. The van der Waals surface area contributed by atoms with Crippen molar-refractivity contribution in [3.8, 4) is 0 Å². The molecule has 1 atom stereocenters. The molecule has 26 heavy (non-hydrogen) atoms. The summed E-state index contributed by atoms with van der Waals surface area (Å²) in [4.78, 5) is 16.0. The van der Waals surface area contributed by atoms with E-state index < -0.39 is 0 Å². The third-order valence-corrected chi connectivity index (χ3v) is 6.36. The molecule has 3 aromatic rings. The normalized spacial score (nSPS) is 12.0. The molecule has 0 aliphatic rings. The maximum Gasteiger partial charge on any atom is 0.338 e. The van der Waals surface area contributed by atoms with Crippen molar-refractivity contribution in [2.45, 2.75) is 41.1 Å². The number of benzene rings is 3. The first-order valence-corrected chi connectivity index (χ1v) is 10.1. The molecule has 0 amide bonds. The Morgan fingerprint density at radius 1 is 0.846 bits per heavy atom. The van der Waals surface area contributed by atoms with Crippen LogP contribution in [0.4, 0.5) is 0 Å². The van der Waals surface area contributed by atoms with Crippen LogP contribution in [0.3, 0.4) is 0 Å². The van der Waals surface area contributed by atoms with Gasteiger partial charge in [-0.05, 0) is 49.7 Å². The number of carbonyl (C=O) groups is 1. The molecular weight excluding hydrogens is 340 g/mol. The summed E-state index contributed by atoms with van der Waals surface area (Å²) >= 11 is 0. The number of hydrogen-bond acceptors (Lipinski definition) is 2. The maximum atomic E-state index is 12.4. The topological polar surface area (TPSA) is 26.3 Å². The predicted octanol–water partition coefficient (Wildman–Crippen LogP) is 5.74. The van der Waals surface area contributed by atoms with E-state index >= 15 is 0 Å². The van der Waals surface area contributed by atoms with Gasteiger partial charge in [0.2, 0.25) is 0 Å². The number of carbonyl (C=O) groups excluding carboxylic acids is 1. The summed E-state index contributed by atoms with van der Waals surface area (Å²) in [7, 11) is -0.264. The zero-order chi connectivity index (χ0) is 18.4. The number of ether oxygens (including phenoxy) is 1. The molecule has 0 aliphatic carbocycles. The fourth-order valence-corrected chi connectivity index (χ4v) is 4.74. The molecule has 0 bridgehead atoms. The van der Waals surface area contributed by atoms with E-state index in [1.54, 1.807) is 0 Å². The van der Waals surface area contributed by atoms with Crippen molar-refractivity contribution in [1.82, 2.24) is 0 Å². The molecule has 3 heteroatoms. The van der Waals surface area contributed by atoms with Gasteiger partial charge in [-0.1, -0.05) is 49.4 Å². The van der Waals surface area contributed by atoms with Gasteiger partial charge in [-0.2, -0.15) is 0 Å². The fourth-order valence-electron chi connectivity index (χ4n) is 2.61. The van der Waals surface area contributed by atoms with E-state index in [4.69, 9.17) is 4.74 Å². The van der Waals surface area contributed by atoms with Gasteiger partial charge in [0.05, 0.1) is 22.6 Å². The SMILES string of the molecule is CCC(C)OC(=O)c1cccc([S+](c2ccccc2)c2ccccc2)c1. The van der Waals surface area contributed by atoms with Gasteiger partial charge in [0.15, 0.2) is 14.7 Å². The molecule has 0 saturated heterocycles. The van der Waals surface area contributed by atoms with E-state index in [0.717, 1.165) is 11.3 Å². The van der Waals surface area contributed by atoms with Crippen molar-refractivity contribution in [3.05, 3.63) is 90.5 Å². The van der Waals surface area contributed by atoms with Crippen LogP contribution in [0.2, 0.25) is 0 Å². The minimum atomic E-state index is -0.264. The highest BCUT2D eigenvalue weighted by Gasteiger charge is 2.29. The number of hydrogen-bond donors (Lipinski definition) is 0. The lowest BCUT2D eigenvalue weighted by molar-refractivity contribution is 0.0334. The van der Waals surface area contributed by atoms with Crippen molar-refractivity contribution in [3.63, 3.8) is 0 Å². The van der Waals surface area contributed by atoms with Crippen molar-refractivity contribution in [2.75, 3.05) is 0 Å². The van der Waals surface area contributed by atoms with Crippen LogP contribution in [0.1, 0.15) is 30.6 Å². The summed E-state index contributed by atoms with van der Waals surface area (Å²) in [6, 6.07) is 28.6. The Bertz CT molecular complexity index is 807. The summed E-state index contributed by atoms with van der Waals surface area (Å²) in [6.07, 6.45) is 0.733. The molecule has 0 N–H and O–H groups in total. The molecule has 0 aromatic heterocycles. The highest BCUT2D eigenvalue weighted by Crippen LogP contribution is 2.31. The van der Waals surface area contributed by atoms with Crippen LogP contribution in [-0.4, -0.2) is 12.1 Å². The molecule has 0 heterocycles. The quantitative estimate of drug-likeness (QED) is 0.412. The smallest absolute Gasteiger partial charge is 0.338 e. The van der Waals surface area contributed by atoms with E-state index in [2.05, 4.69) is 54.6 Å². The van der Waals surface area contributed by atoms with E-state index in [1.807, 2.05) is 44.2 Å². The van der Waals surface area contributed by atoms with Crippen LogP contribution in [0.5, 0.6) is 0 Å². The highest BCUT2D eigenvalue weighted by atomic mass is 32.2. The highest BCUT2D eigenvalue weighted by molar-refractivity contribution is 7.97. The van der Waals surface area contributed by atoms with E-state index in [0.29, 0.717) is 5.56 Å². The standard InChI is InChI=1S/C23H23O2S/c1-3-18(2)25-23(24)19-11-10-16-22(17-19)26(20-12-6-4-7-13-20)21-14-8-5-9-15-21/h4-18H,3H2,1-2H3/q+1. The Hall–Kier alpha value is -2.52. The van der Waals surface area contributed by atoms with E-state index in [9.17, 15) is 4.79 Å². The zero-order valence-electron chi connectivity index (χ0n) is 15.1. The lowest BCUT2D eigenvalue weighted by atomic mass is 10.2. The zero-order valence-corrected chi connectivity index (χ0v) is 15.9. The first-order chi connectivity index (χ1) is 12.7. The van der Waals surface area contributed by atoms with Crippen molar-refractivity contribution >= 4 is 16.9 Å². The average molecular weight is 364 g/mol. The molecule has 132 valence electrons. The van der Waals surface area contributed by atoms with Crippen LogP contribution < -0.4 is 0 Å². The van der Waals surface area contributed by atoms with Crippen LogP contribution in [0.25, 0.3) is 0 Å². The molecule has 0 fully saturated rings. The molecule has 0 aliphatic heterocycles. The third kappa shape index (κ3) is 4.36. The van der Waals surface area contributed by atoms with Gasteiger partial charge < -0.3 is 4.74 Å². The van der Waals surface area contributed by atoms with Gasteiger partial charge in [0, 0.05) is 6.07 Å². The summed E-state index contributed by atoms with van der Waals surface area (Å²) in [5.74, 6) is -0.258. The van der Waals surface area contributed by atoms with Gasteiger partial charge in [-0.3, -0.25) is 0 Å². The number of esters is 1. The van der Waals surface area contributed by atoms with Crippen LogP contribution in [-0.2, 0) is 15.6 Å². The molecule has 1 unspecified atom stereocenters. The van der Waals surface area contributed by atoms with Crippen molar-refractivity contribution in [2.24, 2.45) is 0 Å². The molecule has 2 nitrogen and oxygen atoms in total. The maximum absolute atomic E-state index is 12.4. The molecule has 0 radical (unpaired) electrons. The van der Waals surface area contributed by atoms with Crippen LogP contribution in [0.15, 0.2) is 99.6 Å². The van der Waals surface area contributed by atoms with Crippen LogP contribution >= 0.6 is 0 Å². The first-order valence-electron chi connectivity index (χ1n) is 8.84. The molecule has 0 spiro atoms. The summed E-state index contributed by atoms with van der Waals surface area (Å²) in [5, 5.41) is 0. The summed E-state index contributed by atoms with van der Waals surface area (Å²) < 4.78 is 5.50. The molecule has 3 aromatic carbocycles. The Balaban J connectivity index is 2.00. The van der Waals surface area contributed by atoms with Crippen molar-refractivity contribution in [1.29, 1.82) is 0 Å². The lowest BCUT2D eigenvalue weighted by Crippen LogP contribution is -2.14. The monoisotopic (exact) mass is 363 g/mol. The Labute approximate surface area is 158 Å². The largest absolute Gasteiger partial charge is 0.459 e. The van der Waals surface area contributed by atoms with Gasteiger partial charge >= 0.3 is 5.97 Å². The second-order valence-electron chi connectivity index (χ2n) is 6.08. The summed E-state index contributed by atoms with van der Waals surface area (Å²) in [5.41, 5.74) is 0.604. The van der Waals surface area contributed by atoms with Gasteiger partial charge in [-0.15, -0.1) is 0 Å². The predicted molar refractivity (Wildman–Crippen MR) is 107 cm³/mol. The molecule has 3 rings (SSSR count). The van der Waals surface area contributed by atoms with E-state index in [1.165, 1.54) is 9.79 Å². The van der Waals surface area contributed by atoms with Crippen LogP contribution in [0, 0.1) is 0 Å². The minimum absolute atomic E-state index is 0.0763. The van der Waals surface area contributed by atoms with Gasteiger partial charge in [0.25, 0.3) is 0 Å². The van der Waals surface area contributed by atoms with Gasteiger partial charge in [-0.25, -0.2) is 4.79 Å². The van der Waals surface area contributed by atoms with Gasteiger partial charge in [0.1, 0.15) is 0 Å². The molecular formula is C23H23O2S+. The lowest BCUT2D eigenvalue weighted by Gasteiger charge is -2.12. The third-order valence-electron chi connectivity index (χ3n) is 4.15. The van der Waals surface area contributed by atoms with E-state index in [-0.39, 0.29) is 23.0 Å². The summed E-state index contributed by atoms with van der Waals surface area (Å²) in [6.45, 7) is 3.93. The minimum Gasteiger partial charge on any atom is -0.459 e. The van der Waals surface area contributed by atoms with Crippen molar-refractivity contribution < 1.29 is 9.53 Å². The first kappa shape index (κ1) is 18.3. The fraction of sp³-hybridized carbons (Fsp3) is 0.174. The Morgan fingerprint density at radius 2 is 1.38 bits per heavy atom. The molecule has 0 saturated carbocycles.